The van der Waals surface area contributed by atoms with E-state index in [-0.39, 0.29) is 5.41 Å². The average molecular weight is 869 g/mol. The lowest BCUT2D eigenvalue weighted by Gasteiger charge is -2.28. The average Bonchev–Trinajstić information content (AvgIpc) is 3.97. The molecule has 2 aromatic heterocycles. The first-order valence-corrected chi connectivity index (χ1v) is 23.7. The van der Waals surface area contributed by atoms with Gasteiger partial charge in [-0.1, -0.05) is 215 Å². The van der Waals surface area contributed by atoms with Crippen molar-refractivity contribution >= 4 is 97.7 Å². The van der Waals surface area contributed by atoms with Crippen LogP contribution >= 0.6 is 0 Å². The second-order valence-corrected chi connectivity index (χ2v) is 19.4. The molecule has 0 aliphatic rings. The van der Waals surface area contributed by atoms with Gasteiger partial charge in [-0.3, -0.25) is 0 Å². The van der Waals surface area contributed by atoms with Crippen molar-refractivity contribution in [2.75, 3.05) is 0 Å². The summed E-state index contributed by atoms with van der Waals surface area (Å²) in [5.41, 5.74) is 13.8. The first-order chi connectivity index (χ1) is 33.4. The van der Waals surface area contributed by atoms with Crippen LogP contribution in [-0.4, -0.2) is 0 Å². The maximum Gasteiger partial charge on any atom is 0.144 e. The highest BCUT2D eigenvalue weighted by molar-refractivity contribution is 6.38. The molecule has 2 nitrogen and oxygen atoms in total. The second-order valence-electron chi connectivity index (χ2n) is 19.4. The third kappa shape index (κ3) is 5.46. The molecular weight excluding hydrogens is 825 g/mol. The first-order valence-electron chi connectivity index (χ1n) is 23.7. The lowest BCUT2D eigenvalue weighted by molar-refractivity contribution is 0.595. The fraction of sp³-hybridized carbons (Fsp3) is 0.0606. The molecule has 0 N–H and O–H groups in total. The molecular formula is C66H44O2. The first kappa shape index (κ1) is 38.8. The summed E-state index contributed by atoms with van der Waals surface area (Å²) in [5.74, 6) is 0. The Hall–Kier alpha value is -8.46. The Morgan fingerprint density at radius 1 is 0.279 bits per heavy atom. The summed E-state index contributed by atoms with van der Waals surface area (Å²) in [6, 6.07) is 77.3. The van der Waals surface area contributed by atoms with E-state index < -0.39 is 0 Å². The van der Waals surface area contributed by atoms with Gasteiger partial charge in [-0.05, 0) is 99.9 Å². The van der Waals surface area contributed by atoms with Crippen LogP contribution in [0.2, 0.25) is 0 Å². The van der Waals surface area contributed by atoms with Gasteiger partial charge in [-0.2, -0.15) is 0 Å². The summed E-state index contributed by atoms with van der Waals surface area (Å²) in [6.07, 6.45) is 0. The van der Waals surface area contributed by atoms with Gasteiger partial charge in [-0.25, -0.2) is 0 Å². The van der Waals surface area contributed by atoms with Crippen molar-refractivity contribution in [3.8, 4) is 44.5 Å². The van der Waals surface area contributed by atoms with Crippen LogP contribution in [0.3, 0.4) is 0 Å². The summed E-state index contributed by atoms with van der Waals surface area (Å²) >= 11 is 0. The summed E-state index contributed by atoms with van der Waals surface area (Å²) in [6.45, 7) is 7.12. The topological polar surface area (TPSA) is 26.3 Å². The van der Waals surface area contributed by atoms with Crippen molar-refractivity contribution in [1.29, 1.82) is 0 Å². The van der Waals surface area contributed by atoms with Gasteiger partial charge in [0.15, 0.2) is 0 Å². The minimum Gasteiger partial charge on any atom is -0.455 e. The van der Waals surface area contributed by atoms with Crippen molar-refractivity contribution in [1.82, 2.24) is 0 Å². The molecule has 14 rings (SSSR count). The SMILES string of the molecule is CC(C)(C)c1c(-c2c3ccccc3c(-c3ccccc3)c3ccccc23)c2oc3ccccc3c2c2c1cc(-c1c3ccccc3c(-c3ccccc3)c3ccccc13)c1oc3ccccc3c12. The second kappa shape index (κ2) is 14.5. The zero-order valence-corrected chi connectivity index (χ0v) is 38.0. The summed E-state index contributed by atoms with van der Waals surface area (Å²) in [4.78, 5) is 0. The Bertz CT molecular complexity index is 4260. The molecule has 2 heteroatoms. The summed E-state index contributed by atoms with van der Waals surface area (Å²) in [7, 11) is 0. The van der Waals surface area contributed by atoms with Crippen LogP contribution < -0.4 is 0 Å². The van der Waals surface area contributed by atoms with Gasteiger partial charge < -0.3 is 8.83 Å². The summed E-state index contributed by atoms with van der Waals surface area (Å²) < 4.78 is 14.7. The van der Waals surface area contributed by atoms with E-state index in [0.29, 0.717) is 0 Å². The fourth-order valence-corrected chi connectivity index (χ4v) is 11.9. The van der Waals surface area contributed by atoms with Gasteiger partial charge in [0.25, 0.3) is 0 Å². The van der Waals surface area contributed by atoms with Crippen LogP contribution in [0.15, 0.2) is 221 Å². The van der Waals surface area contributed by atoms with Crippen molar-refractivity contribution in [2.45, 2.75) is 26.2 Å². The van der Waals surface area contributed by atoms with Crippen LogP contribution in [0.4, 0.5) is 0 Å². The van der Waals surface area contributed by atoms with Crippen LogP contribution in [0, 0.1) is 0 Å². The number of fused-ring (bicyclic) bond motifs is 13. The third-order valence-corrected chi connectivity index (χ3v) is 14.5. The van der Waals surface area contributed by atoms with Crippen molar-refractivity contribution in [2.24, 2.45) is 0 Å². The molecule has 320 valence electrons. The van der Waals surface area contributed by atoms with E-state index >= 15 is 0 Å². The molecule has 0 bridgehead atoms. The van der Waals surface area contributed by atoms with Gasteiger partial charge >= 0.3 is 0 Å². The Labute approximate surface area is 393 Å². The maximum absolute atomic E-state index is 7.39. The molecule has 0 fully saturated rings. The molecule has 68 heavy (non-hydrogen) atoms. The Balaban J connectivity index is 1.26. The van der Waals surface area contributed by atoms with Crippen LogP contribution in [0.1, 0.15) is 26.3 Å². The molecule has 0 saturated heterocycles. The Morgan fingerprint density at radius 3 is 1.04 bits per heavy atom. The molecule has 0 unspecified atom stereocenters. The van der Waals surface area contributed by atoms with Gasteiger partial charge in [0, 0.05) is 49.2 Å². The number of para-hydroxylation sites is 2. The van der Waals surface area contributed by atoms with Crippen LogP contribution in [0.5, 0.6) is 0 Å². The predicted octanol–water partition coefficient (Wildman–Crippen LogP) is 19.2. The van der Waals surface area contributed by atoms with E-state index in [2.05, 4.69) is 233 Å². The van der Waals surface area contributed by atoms with E-state index in [9.17, 15) is 0 Å². The molecule has 0 saturated carbocycles. The minimum atomic E-state index is -0.368. The molecule has 14 aromatic rings. The van der Waals surface area contributed by atoms with Gasteiger partial charge in [-0.15, -0.1) is 0 Å². The van der Waals surface area contributed by atoms with Crippen molar-refractivity contribution < 1.29 is 8.83 Å². The van der Waals surface area contributed by atoms with E-state index in [1.165, 1.54) is 87.4 Å². The zero-order chi connectivity index (χ0) is 45.3. The van der Waals surface area contributed by atoms with Gasteiger partial charge in [0.2, 0.25) is 0 Å². The quantitative estimate of drug-likeness (QED) is 0.165. The van der Waals surface area contributed by atoms with E-state index in [4.69, 9.17) is 8.83 Å². The molecule has 12 aromatic carbocycles. The lowest BCUT2D eigenvalue weighted by Crippen LogP contribution is -2.14. The lowest BCUT2D eigenvalue weighted by atomic mass is 9.74. The van der Waals surface area contributed by atoms with Crippen LogP contribution in [-0.2, 0) is 5.41 Å². The van der Waals surface area contributed by atoms with Gasteiger partial charge in [0.1, 0.15) is 22.3 Å². The Kier molecular flexibility index (Phi) is 8.28. The number of rotatable bonds is 4. The standard InChI is InChI=1S/C66H44O2/c1-66(2,3)63-51-38-52(57-45-30-14-10-26-41(45)55(39-22-6-4-7-23-39)42-27-11-15-31-46(42)57)64-60(49-34-18-20-36-53(49)67-64)59(51)61-50-35-19-21-37-54(50)68-65(61)62(63)58-47-32-16-12-28-43(47)56(40-24-8-5-9-25-40)44-29-13-17-33-48(44)58/h4-38H,1-3H3. The highest BCUT2D eigenvalue weighted by atomic mass is 16.3. The molecule has 0 radical (unpaired) electrons. The number of hydrogen-bond donors (Lipinski definition) is 0. The zero-order valence-electron chi connectivity index (χ0n) is 38.0. The van der Waals surface area contributed by atoms with Crippen molar-refractivity contribution in [3.05, 3.63) is 218 Å². The normalized spacial score (nSPS) is 12.3. The smallest absolute Gasteiger partial charge is 0.144 e. The molecule has 0 amide bonds. The monoisotopic (exact) mass is 868 g/mol. The summed E-state index contributed by atoms with van der Waals surface area (Å²) in [5, 5.41) is 16.4. The van der Waals surface area contributed by atoms with Crippen molar-refractivity contribution in [3.63, 3.8) is 0 Å². The van der Waals surface area contributed by atoms with E-state index in [0.717, 1.165) is 60.4 Å². The molecule has 0 atom stereocenters. The largest absolute Gasteiger partial charge is 0.455 e. The highest BCUT2D eigenvalue weighted by Gasteiger charge is 2.33. The fourth-order valence-electron chi connectivity index (χ4n) is 11.9. The maximum atomic E-state index is 7.39. The number of benzene rings is 12. The van der Waals surface area contributed by atoms with Gasteiger partial charge in [0.05, 0.1) is 0 Å². The highest BCUT2D eigenvalue weighted by Crippen LogP contribution is 2.56. The molecule has 0 aliphatic heterocycles. The minimum absolute atomic E-state index is 0.368. The third-order valence-electron chi connectivity index (χ3n) is 14.5. The number of hydrogen-bond acceptors (Lipinski definition) is 2. The number of furan rings is 2. The molecule has 2 heterocycles. The predicted molar refractivity (Wildman–Crippen MR) is 289 cm³/mol. The van der Waals surface area contributed by atoms with E-state index in [1.807, 2.05) is 0 Å². The Morgan fingerprint density at radius 2 is 0.618 bits per heavy atom. The molecule has 0 aliphatic carbocycles. The van der Waals surface area contributed by atoms with Crippen LogP contribution in [0.25, 0.3) is 142 Å². The van der Waals surface area contributed by atoms with E-state index in [1.54, 1.807) is 0 Å². The molecule has 0 spiro atoms.